The molecule has 2 aromatic heterocycles. The van der Waals surface area contributed by atoms with Crippen LogP contribution in [0.3, 0.4) is 0 Å². The third kappa shape index (κ3) is 3.12. The maximum Gasteiger partial charge on any atom is 0.226 e. The number of aromatic nitrogens is 4. The molecule has 5 nitrogen and oxygen atoms in total. The zero-order valence-corrected chi connectivity index (χ0v) is 13.2. The molecule has 114 valence electrons. The van der Waals surface area contributed by atoms with E-state index in [1.54, 1.807) is 0 Å². The molecule has 0 aliphatic heterocycles. The average Bonchev–Trinajstić information content (AvgIpc) is 3.11. The summed E-state index contributed by atoms with van der Waals surface area (Å²) in [6, 6.07) is 0.524. The Morgan fingerprint density at radius 1 is 1.29 bits per heavy atom. The lowest BCUT2D eigenvalue weighted by atomic mass is 10.2. The third-order valence-corrected chi connectivity index (χ3v) is 4.36. The van der Waals surface area contributed by atoms with Crippen molar-refractivity contribution >= 4 is 28.6 Å². The van der Waals surface area contributed by atoms with Crippen LogP contribution in [-0.4, -0.2) is 26.1 Å². The molecule has 1 aliphatic carbocycles. The number of halogens is 1. The summed E-state index contributed by atoms with van der Waals surface area (Å²) in [5.41, 5.74) is 1.70. The van der Waals surface area contributed by atoms with Gasteiger partial charge < -0.3 is 9.88 Å². The number of unbranched alkanes of at least 4 members (excludes halogenated alkanes) is 2. The van der Waals surface area contributed by atoms with Gasteiger partial charge in [-0.15, -0.1) is 0 Å². The van der Waals surface area contributed by atoms with Crippen molar-refractivity contribution in [1.82, 2.24) is 19.5 Å². The topological polar surface area (TPSA) is 55.6 Å². The fraction of sp³-hybridized carbons (Fsp3) is 0.667. The van der Waals surface area contributed by atoms with Crippen LogP contribution in [0.2, 0.25) is 5.28 Å². The van der Waals surface area contributed by atoms with E-state index >= 15 is 0 Å². The monoisotopic (exact) mass is 307 g/mol. The molecule has 0 spiro atoms. The molecular formula is C15H22ClN5. The fourth-order valence-electron chi connectivity index (χ4n) is 3.08. The number of rotatable bonds is 6. The second-order valence-electron chi connectivity index (χ2n) is 5.74. The predicted octanol–water partition coefficient (Wildman–Crippen LogP) is 4.20. The molecule has 2 aromatic rings. The van der Waals surface area contributed by atoms with Crippen molar-refractivity contribution < 1.29 is 0 Å². The van der Waals surface area contributed by atoms with E-state index in [9.17, 15) is 0 Å². The average molecular weight is 308 g/mol. The minimum atomic E-state index is 0.261. The van der Waals surface area contributed by atoms with Gasteiger partial charge in [0, 0.05) is 12.6 Å². The van der Waals surface area contributed by atoms with Crippen molar-refractivity contribution in [3.8, 4) is 0 Å². The first kappa shape index (κ1) is 14.6. The lowest BCUT2D eigenvalue weighted by Gasteiger charge is -2.14. The second-order valence-corrected chi connectivity index (χ2v) is 6.08. The van der Waals surface area contributed by atoms with Gasteiger partial charge in [0.1, 0.15) is 5.52 Å². The standard InChI is InChI=1S/C15H22ClN5/c1-2-3-6-9-17-13-12-14(20-15(16)19-13)18-10-21(12)11-7-4-5-8-11/h10-11H,2-9H2,1H3,(H,17,19,20). The lowest BCUT2D eigenvalue weighted by molar-refractivity contribution is 0.532. The molecule has 1 fully saturated rings. The second kappa shape index (κ2) is 6.60. The van der Waals surface area contributed by atoms with E-state index in [4.69, 9.17) is 11.6 Å². The van der Waals surface area contributed by atoms with Crippen molar-refractivity contribution in [2.45, 2.75) is 57.9 Å². The molecular weight excluding hydrogens is 286 g/mol. The van der Waals surface area contributed by atoms with E-state index in [2.05, 4.69) is 31.8 Å². The van der Waals surface area contributed by atoms with Gasteiger partial charge in [0.25, 0.3) is 0 Å². The quantitative estimate of drug-likeness (QED) is 0.642. The molecule has 0 unspecified atom stereocenters. The highest BCUT2D eigenvalue weighted by Gasteiger charge is 2.21. The van der Waals surface area contributed by atoms with Crippen molar-refractivity contribution in [2.75, 3.05) is 11.9 Å². The summed E-state index contributed by atoms with van der Waals surface area (Å²) in [4.78, 5) is 13.1. The van der Waals surface area contributed by atoms with E-state index in [0.29, 0.717) is 11.7 Å². The number of nitrogens with zero attached hydrogens (tertiary/aromatic N) is 4. The summed E-state index contributed by atoms with van der Waals surface area (Å²) < 4.78 is 2.24. The molecule has 1 N–H and O–H groups in total. The van der Waals surface area contributed by atoms with Crippen molar-refractivity contribution in [3.63, 3.8) is 0 Å². The number of nitrogens with one attached hydrogen (secondary N) is 1. The third-order valence-electron chi connectivity index (χ3n) is 4.19. The maximum absolute atomic E-state index is 6.02. The normalized spacial score (nSPS) is 15.9. The Labute approximate surface area is 130 Å². The van der Waals surface area contributed by atoms with Gasteiger partial charge in [0.05, 0.1) is 6.33 Å². The van der Waals surface area contributed by atoms with Gasteiger partial charge >= 0.3 is 0 Å². The molecule has 0 bridgehead atoms. The molecule has 0 saturated heterocycles. The van der Waals surface area contributed by atoms with E-state index in [-0.39, 0.29) is 5.28 Å². The molecule has 0 aromatic carbocycles. The first-order valence-electron chi connectivity index (χ1n) is 7.93. The molecule has 2 heterocycles. The van der Waals surface area contributed by atoms with Crippen molar-refractivity contribution in [2.24, 2.45) is 0 Å². The van der Waals surface area contributed by atoms with E-state index in [1.807, 2.05) is 6.33 Å². The molecule has 21 heavy (non-hydrogen) atoms. The zero-order valence-electron chi connectivity index (χ0n) is 12.5. The summed E-state index contributed by atoms with van der Waals surface area (Å²) in [7, 11) is 0. The van der Waals surface area contributed by atoms with E-state index in [1.165, 1.54) is 38.5 Å². The Balaban J connectivity index is 1.90. The zero-order chi connectivity index (χ0) is 14.7. The summed E-state index contributed by atoms with van der Waals surface area (Å²) in [6.45, 7) is 3.11. The Bertz CT molecular complexity index is 603. The van der Waals surface area contributed by atoms with Gasteiger partial charge in [0.2, 0.25) is 5.28 Å². The van der Waals surface area contributed by atoms with Crippen molar-refractivity contribution in [1.29, 1.82) is 0 Å². The van der Waals surface area contributed by atoms with Gasteiger partial charge in [-0.25, -0.2) is 4.98 Å². The summed E-state index contributed by atoms with van der Waals surface area (Å²) in [6.07, 6.45) is 10.5. The molecule has 3 rings (SSSR count). The van der Waals surface area contributed by atoms with Crippen LogP contribution in [0.1, 0.15) is 57.9 Å². The van der Waals surface area contributed by atoms with Gasteiger partial charge in [-0.05, 0) is 30.9 Å². The highest BCUT2D eigenvalue weighted by molar-refractivity contribution is 6.28. The number of imidazole rings is 1. The minimum absolute atomic E-state index is 0.261. The number of fused-ring (bicyclic) bond motifs is 1. The Kier molecular flexibility index (Phi) is 4.58. The molecule has 1 aliphatic rings. The number of hydrogen-bond acceptors (Lipinski definition) is 4. The number of hydrogen-bond donors (Lipinski definition) is 1. The fourth-order valence-corrected chi connectivity index (χ4v) is 3.25. The van der Waals surface area contributed by atoms with Crippen LogP contribution < -0.4 is 5.32 Å². The Hall–Kier alpha value is -1.36. The van der Waals surface area contributed by atoms with Crippen LogP contribution in [0, 0.1) is 0 Å². The van der Waals surface area contributed by atoms with Crippen molar-refractivity contribution in [3.05, 3.63) is 11.6 Å². The van der Waals surface area contributed by atoms with E-state index in [0.717, 1.165) is 24.3 Å². The van der Waals surface area contributed by atoms with Crippen LogP contribution in [-0.2, 0) is 0 Å². The first-order valence-corrected chi connectivity index (χ1v) is 8.31. The number of anilines is 1. The van der Waals surface area contributed by atoms with Crippen LogP contribution in [0.25, 0.3) is 11.2 Å². The van der Waals surface area contributed by atoms with Gasteiger partial charge in [-0.3, -0.25) is 0 Å². The first-order chi connectivity index (χ1) is 10.3. The smallest absolute Gasteiger partial charge is 0.226 e. The molecule has 0 atom stereocenters. The molecule has 0 radical (unpaired) electrons. The summed E-state index contributed by atoms with van der Waals surface area (Å²) in [5.74, 6) is 0.825. The highest BCUT2D eigenvalue weighted by atomic mass is 35.5. The SMILES string of the molecule is CCCCCNc1nc(Cl)nc2ncn(C3CCCC3)c12. The van der Waals surface area contributed by atoms with Crippen LogP contribution in [0.4, 0.5) is 5.82 Å². The minimum Gasteiger partial charge on any atom is -0.368 e. The van der Waals surface area contributed by atoms with E-state index < -0.39 is 0 Å². The van der Waals surface area contributed by atoms with Gasteiger partial charge in [-0.2, -0.15) is 9.97 Å². The van der Waals surface area contributed by atoms with Gasteiger partial charge in [-0.1, -0.05) is 32.6 Å². The molecule has 6 heteroatoms. The van der Waals surface area contributed by atoms with Gasteiger partial charge in [0.15, 0.2) is 11.5 Å². The van der Waals surface area contributed by atoms with Crippen LogP contribution in [0.5, 0.6) is 0 Å². The largest absolute Gasteiger partial charge is 0.368 e. The lowest BCUT2D eigenvalue weighted by Crippen LogP contribution is -2.09. The Morgan fingerprint density at radius 2 is 2.10 bits per heavy atom. The Morgan fingerprint density at radius 3 is 2.86 bits per heavy atom. The summed E-state index contributed by atoms with van der Waals surface area (Å²) >= 11 is 6.02. The highest BCUT2D eigenvalue weighted by Crippen LogP contribution is 2.33. The maximum atomic E-state index is 6.02. The van der Waals surface area contributed by atoms with Crippen LogP contribution >= 0.6 is 11.6 Å². The molecule has 1 saturated carbocycles. The summed E-state index contributed by atoms with van der Waals surface area (Å²) in [5, 5.41) is 3.68. The molecule has 0 amide bonds. The van der Waals surface area contributed by atoms with Crippen LogP contribution in [0.15, 0.2) is 6.33 Å². The predicted molar refractivity (Wildman–Crippen MR) is 85.9 cm³/mol.